The number of anilines is 1. The van der Waals surface area contributed by atoms with E-state index in [-0.39, 0.29) is 11.8 Å². The molecule has 3 aromatic carbocycles. The minimum atomic E-state index is -0.714. The molecule has 4 rings (SSSR count). The Morgan fingerprint density at radius 1 is 0.788 bits per heavy atom. The van der Waals surface area contributed by atoms with Gasteiger partial charge < -0.3 is 15.0 Å². The van der Waals surface area contributed by atoms with E-state index in [0.29, 0.717) is 17.0 Å². The molecule has 5 heteroatoms. The normalized spacial score (nSPS) is 14.8. The Bertz CT molecular complexity index is 1070. The summed E-state index contributed by atoms with van der Waals surface area (Å²) in [7, 11) is 0. The Morgan fingerprint density at radius 3 is 2.09 bits per heavy atom. The molecule has 1 atom stereocenters. The van der Waals surface area contributed by atoms with Crippen LogP contribution in [0.25, 0.3) is 11.1 Å². The maximum Gasteiger partial charge on any atom is 0.265 e. The number of carbonyl (C=O) groups excluding carboxylic acids is 2. The van der Waals surface area contributed by atoms with Crippen molar-refractivity contribution in [3.8, 4) is 16.9 Å². The van der Waals surface area contributed by atoms with E-state index in [2.05, 4.69) is 17.4 Å². The van der Waals surface area contributed by atoms with Crippen molar-refractivity contribution in [1.82, 2.24) is 4.90 Å². The van der Waals surface area contributed by atoms with Crippen LogP contribution in [0.15, 0.2) is 78.9 Å². The lowest BCUT2D eigenvalue weighted by molar-refractivity contribution is -0.122. The van der Waals surface area contributed by atoms with Gasteiger partial charge >= 0.3 is 0 Å². The van der Waals surface area contributed by atoms with Crippen LogP contribution in [0.3, 0.4) is 0 Å². The van der Waals surface area contributed by atoms with E-state index in [1.54, 1.807) is 19.1 Å². The Hall–Kier alpha value is -3.60. The highest BCUT2D eigenvalue weighted by molar-refractivity contribution is 6.04. The molecule has 0 spiro atoms. The van der Waals surface area contributed by atoms with Crippen LogP contribution in [0.2, 0.25) is 0 Å². The van der Waals surface area contributed by atoms with Crippen molar-refractivity contribution in [2.45, 2.75) is 38.7 Å². The molecule has 0 bridgehead atoms. The average Bonchev–Trinajstić information content (AvgIpc) is 3.15. The summed E-state index contributed by atoms with van der Waals surface area (Å²) in [5.74, 6) is 0.294. The number of ether oxygens (including phenoxy) is 1. The van der Waals surface area contributed by atoms with Crippen molar-refractivity contribution < 1.29 is 14.3 Å². The van der Waals surface area contributed by atoms with Crippen molar-refractivity contribution in [2.24, 2.45) is 0 Å². The zero-order valence-electron chi connectivity index (χ0n) is 19.0. The molecule has 0 aromatic heterocycles. The maximum atomic E-state index is 13.1. The van der Waals surface area contributed by atoms with E-state index in [0.717, 1.165) is 49.9 Å². The van der Waals surface area contributed by atoms with Gasteiger partial charge in [0.1, 0.15) is 5.75 Å². The van der Waals surface area contributed by atoms with Crippen molar-refractivity contribution in [3.05, 3.63) is 84.4 Å². The van der Waals surface area contributed by atoms with Crippen LogP contribution in [-0.4, -0.2) is 35.9 Å². The van der Waals surface area contributed by atoms with Gasteiger partial charge in [0.05, 0.1) is 11.3 Å². The van der Waals surface area contributed by atoms with Crippen molar-refractivity contribution >= 4 is 17.5 Å². The first-order chi connectivity index (χ1) is 16.1. The molecule has 1 heterocycles. The molecule has 1 aliphatic heterocycles. The third-order valence-corrected chi connectivity index (χ3v) is 5.95. The molecular weight excluding hydrogens is 412 g/mol. The number of likely N-dealkylation sites (tertiary alicyclic amines) is 1. The summed E-state index contributed by atoms with van der Waals surface area (Å²) in [6, 6.07) is 25.0. The Balaban J connectivity index is 1.40. The first kappa shape index (κ1) is 22.6. The summed E-state index contributed by atoms with van der Waals surface area (Å²) in [6.07, 6.45) is 3.64. The van der Waals surface area contributed by atoms with Gasteiger partial charge in [-0.15, -0.1) is 0 Å². The van der Waals surface area contributed by atoms with Crippen molar-refractivity contribution in [1.29, 1.82) is 0 Å². The summed E-state index contributed by atoms with van der Waals surface area (Å²) in [6.45, 7) is 3.24. The molecule has 3 aromatic rings. The van der Waals surface area contributed by atoms with Crippen LogP contribution in [0.1, 0.15) is 43.0 Å². The van der Waals surface area contributed by atoms with Gasteiger partial charge in [-0.3, -0.25) is 9.59 Å². The first-order valence-electron chi connectivity index (χ1n) is 11.6. The van der Waals surface area contributed by atoms with E-state index in [4.69, 9.17) is 4.74 Å². The van der Waals surface area contributed by atoms with Crippen LogP contribution >= 0.6 is 0 Å². The second kappa shape index (κ2) is 10.8. The fourth-order valence-corrected chi connectivity index (χ4v) is 4.07. The van der Waals surface area contributed by atoms with Crippen molar-refractivity contribution in [3.63, 3.8) is 0 Å². The molecule has 1 aliphatic rings. The predicted molar refractivity (Wildman–Crippen MR) is 131 cm³/mol. The van der Waals surface area contributed by atoms with Crippen LogP contribution in [0.5, 0.6) is 5.75 Å². The molecule has 1 N–H and O–H groups in total. The zero-order valence-corrected chi connectivity index (χ0v) is 19.0. The van der Waals surface area contributed by atoms with E-state index in [9.17, 15) is 9.59 Å². The third kappa shape index (κ3) is 5.80. The molecule has 0 aliphatic carbocycles. The monoisotopic (exact) mass is 442 g/mol. The second-order valence-electron chi connectivity index (χ2n) is 8.39. The number of para-hydroxylation sites is 1. The quantitative estimate of drug-likeness (QED) is 0.527. The largest absolute Gasteiger partial charge is 0.481 e. The average molecular weight is 443 g/mol. The smallest absolute Gasteiger partial charge is 0.265 e. The minimum absolute atomic E-state index is 0.0297. The molecule has 0 radical (unpaired) electrons. The number of nitrogens with one attached hydrogen (secondary N) is 1. The topological polar surface area (TPSA) is 58.6 Å². The van der Waals surface area contributed by atoms with Crippen LogP contribution in [0.4, 0.5) is 5.69 Å². The second-order valence-corrected chi connectivity index (χ2v) is 8.39. The van der Waals surface area contributed by atoms with Crippen LogP contribution in [0, 0.1) is 0 Å². The molecule has 1 fully saturated rings. The highest BCUT2D eigenvalue weighted by Gasteiger charge is 2.22. The van der Waals surface area contributed by atoms with Gasteiger partial charge in [-0.25, -0.2) is 0 Å². The summed E-state index contributed by atoms with van der Waals surface area (Å²) in [4.78, 5) is 27.9. The van der Waals surface area contributed by atoms with E-state index >= 15 is 0 Å². The number of amides is 2. The van der Waals surface area contributed by atoms with Gasteiger partial charge in [-0.05, 0) is 55.2 Å². The van der Waals surface area contributed by atoms with Gasteiger partial charge in [0, 0.05) is 13.1 Å². The molecule has 5 nitrogen and oxygen atoms in total. The highest BCUT2D eigenvalue weighted by atomic mass is 16.5. The predicted octanol–water partition coefficient (Wildman–Crippen LogP) is 5.78. The van der Waals surface area contributed by atoms with Gasteiger partial charge in [-0.1, -0.05) is 67.4 Å². The number of rotatable bonds is 6. The lowest BCUT2D eigenvalue weighted by Crippen LogP contribution is -2.34. The van der Waals surface area contributed by atoms with E-state index in [1.165, 1.54) is 0 Å². The minimum Gasteiger partial charge on any atom is -0.481 e. The molecule has 2 amide bonds. The number of nitrogens with zero attached hydrogens (tertiary/aromatic N) is 1. The zero-order chi connectivity index (χ0) is 23.0. The van der Waals surface area contributed by atoms with Crippen LogP contribution < -0.4 is 10.1 Å². The molecule has 0 saturated carbocycles. The Kier molecular flexibility index (Phi) is 7.40. The molecule has 1 saturated heterocycles. The SMILES string of the molecule is CC(Oc1ccc(-c2ccccc2)cc1)C(=O)Nc1ccccc1C(=O)N1CCCCCC1. The maximum absolute atomic E-state index is 13.1. The summed E-state index contributed by atoms with van der Waals surface area (Å²) in [5, 5.41) is 2.89. The van der Waals surface area contributed by atoms with E-state index < -0.39 is 6.10 Å². The van der Waals surface area contributed by atoms with Gasteiger partial charge in [0.2, 0.25) is 0 Å². The van der Waals surface area contributed by atoms with E-state index in [1.807, 2.05) is 59.5 Å². The summed E-state index contributed by atoms with van der Waals surface area (Å²) < 4.78 is 5.87. The fourth-order valence-electron chi connectivity index (χ4n) is 4.07. The fraction of sp³-hybridized carbons (Fsp3) is 0.286. The third-order valence-electron chi connectivity index (χ3n) is 5.95. The molecule has 33 heavy (non-hydrogen) atoms. The highest BCUT2D eigenvalue weighted by Crippen LogP contribution is 2.24. The number of benzene rings is 3. The molecule has 170 valence electrons. The Labute approximate surface area is 195 Å². The standard InChI is InChI=1S/C28H30N2O3/c1-21(33-24-17-15-23(16-18-24)22-11-5-4-6-12-22)27(31)29-26-14-8-7-13-25(26)28(32)30-19-9-2-3-10-20-30/h4-8,11-18,21H,2-3,9-10,19-20H2,1H3,(H,29,31). The lowest BCUT2D eigenvalue weighted by atomic mass is 10.1. The number of hydrogen-bond donors (Lipinski definition) is 1. The summed E-state index contributed by atoms with van der Waals surface area (Å²) in [5.41, 5.74) is 3.25. The van der Waals surface area contributed by atoms with Crippen LogP contribution in [-0.2, 0) is 4.79 Å². The first-order valence-corrected chi connectivity index (χ1v) is 11.6. The summed E-state index contributed by atoms with van der Waals surface area (Å²) >= 11 is 0. The number of carbonyl (C=O) groups is 2. The van der Waals surface area contributed by atoms with Gasteiger partial charge in [-0.2, -0.15) is 0 Å². The molecular formula is C28H30N2O3. The van der Waals surface area contributed by atoms with Crippen molar-refractivity contribution in [2.75, 3.05) is 18.4 Å². The lowest BCUT2D eigenvalue weighted by Gasteiger charge is -2.22. The van der Waals surface area contributed by atoms with Gasteiger partial charge in [0.15, 0.2) is 6.10 Å². The Morgan fingerprint density at radius 2 is 1.39 bits per heavy atom. The van der Waals surface area contributed by atoms with Gasteiger partial charge in [0.25, 0.3) is 11.8 Å². The number of hydrogen-bond acceptors (Lipinski definition) is 3. The molecule has 1 unspecified atom stereocenters.